The van der Waals surface area contributed by atoms with Gasteiger partial charge in [-0.25, -0.2) is 0 Å². The van der Waals surface area contributed by atoms with Gasteiger partial charge >= 0.3 is 0 Å². The highest BCUT2D eigenvalue weighted by Crippen LogP contribution is 2.22. The predicted molar refractivity (Wildman–Crippen MR) is 81.9 cm³/mol. The summed E-state index contributed by atoms with van der Waals surface area (Å²) in [5, 5.41) is 11.7. The van der Waals surface area contributed by atoms with Crippen molar-refractivity contribution in [1.29, 1.82) is 0 Å². The van der Waals surface area contributed by atoms with E-state index in [9.17, 15) is 4.79 Å². The van der Waals surface area contributed by atoms with Crippen LogP contribution in [0.2, 0.25) is 0 Å². The molecule has 4 heteroatoms. The molecule has 1 saturated heterocycles. The van der Waals surface area contributed by atoms with E-state index in [-0.39, 0.29) is 24.5 Å². The Kier molecular flexibility index (Phi) is 5.38. The van der Waals surface area contributed by atoms with E-state index in [1.165, 1.54) is 0 Å². The molecule has 1 aliphatic rings. The molecule has 0 aliphatic carbocycles. The van der Waals surface area contributed by atoms with E-state index in [0.29, 0.717) is 13.0 Å². The molecule has 0 spiro atoms. The van der Waals surface area contributed by atoms with Crippen LogP contribution in [0.5, 0.6) is 0 Å². The van der Waals surface area contributed by atoms with Crippen LogP contribution >= 0.6 is 0 Å². The number of carbonyl (C=O) groups excluding carboxylic acids is 1. The fourth-order valence-corrected chi connectivity index (χ4v) is 2.29. The summed E-state index contributed by atoms with van der Waals surface area (Å²) in [6.07, 6.45) is 1.00. The summed E-state index contributed by atoms with van der Waals surface area (Å²) in [7, 11) is 0. The van der Waals surface area contributed by atoms with Crippen molar-refractivity contribution in [2.75, 3.05) is 18.5 Å². The summed E-state index contributed by atoms with van der Waals surface area (Å²) in [5.41, 5.74) is 2.63. The molecule has 0 aromatic heterocycles. The molecule has 1 amide bonds. The largest absolute Gasteiger partial charge is 0.395 e. The first-order valence-electron chi connectivity index (χ1n) is 7.24. The van der Waals surface area contributed by atoms with Gasteiger partial charge in [-0.2, -0.15) is 0 Å². The lowest BCUT2D eigenvalue weighted by atomic mass is 10.0. The van der Waals surface area contributed by atoms with Gasteiger partial charge in [0.1, 0.15) is 6.10 Å². The number of hydrogen-bond acceptors (Lipinski definition) is 3. The second-order valence-electron chi connectivity index (χ2n) is 5.35. The first kappa shape index (κ1) is 15.6. The highest BCUT2D eigenvalue weighted by molar-refractivity contribution is 5.94. The fourth-order valence-electron chi connectivity index (χ4n) is 2.29. The average molecular weight is 287 g/mol. The van der Waals surface area contributed by atoms with E-state index >= 15 is 0 Å². The molecule has 21 heavy (non-hydrogen) atoms. The Labute approximate surface area is 125 Å². The Bertz CT molecular complexity index is 571. The number of hydrogen-bond donors (Lipinski definition) is 2. The van der Waals surface area contributed by atoms with Crippen molar-refractivity contribution in [3.8, 4) is 11.8 Å². The summed E-state index contributed by atoms with van der Waals surface area (Å²) in [4.78, 5) is 12.2. The zero-order valence-electron chi connectivity index (χ0n) is 12.5. The molecule has 2 N–H and O–H groups in total. The Morgan fingerprint density at radius 3 is 3.00 bits per heavy atom. The molecule has 2 unspecified atom stereocenters. The summed E-state index contributed by atoms with van der Waals surface area (Å²) in [6.45, 7) is 4.69. The molecule has 1 aromatic rings. The zero-order valence-corrected chi connectivity index (χ0v) is 12.5. The van der Waals surface area contributed by atoms with E-state index in [1.807, 2.05) is 32.0 Å². The normalized spacial score (nSPS) is 20.7. The molecule has 4 nitrogen and oxygen atoms in total. The van der Waals surface area contributed by atoms with Gasteiger partial charge in [0, 0.05) is 24.3 Å². The van der Waals surface area contributed by atoms with Crippen molar-refractivity contribution < 1.29 is 14.6 Å². The van der Waals surface area contributed by atoms with Gasteiger partial charge < -0.3 is 15.2 Å². The van der Waals surface area contributed by atoms with Crippen LogP contribution in [0.4, 0.5) is 5.69 Å². The maximum Gasteiger partial charge on any atom is 0.253 e. The monoisotopic (exact) mass is 287 g/mol. The molecular weight excluding hydrogens is 266 g/mol. The second-order valence-corrected chi connectivity index (χ2v) is 5.35. The third-order valence-corrected chi connectivity index (χ3v) is 3.61. The average Bonchev–Trinajstić information content (AvgIpc) is 2.89. The van der Waals surface area contributed by atoms with Gasteiger partial charge in [-0.1, -0.05) is 24.8 Å². The number of nitrogens with one attached hydrogen (secondary N) is 1. The minimum absolute atomic E-state index is 0.0549. The topological polar surface area (TPSA) is 58.6 Å². The Morgan fingerprint density at radius 1 is 1.52 bits per heavy atom. The lowest BCUT2D eigenvalue weighted by molar-refractivity contribution is -0.126. The number of ether oxygens (including phenoxy) is 1. The number of rotatable bonds is 3. The number of anilines is 1. The van der Waals surface area contributed by atoms with E-state index in [4.69, 9.17) is 9.84 Å². The van der Waals surface area contributed by atoms with Crippen LogP contribution in [0.15, 0.2) is 18.2 Å². The predicted octanol–water partition coefficient (Wildman–Crippen LogP) is 2.09. The quantitative estimate of drug-likeness (QED) is 0.837. The van der Waals surface area contributed by atoms with Crippen molar-refractivity contribution in [2.45, 2.75) is 32.8 Å². The zero-order chi connectivity index (χ0) is 15.2. The number of amides is 1. The minimum Gasteiger partial charge on any atom is -0.395 e. The maximum atomic E-state index is 12.2. The Balaban J connectivity index is 2.08. The number of benzene rings is 1. The highest BCUT2D eigenvalue weighted by Gasteiger charge is 2.30. The number of aryl methyl sites for hydroxylation is 1. The van der Waals surface area contributed by atoms with Crippen molar-refractivity contribution in [2.24, 2.45) is 5.92 Å². The first-order chi connectivity index (χ1) is 10.1. The van der Waals surface area contributed by atoms with Gasteiger partial charge in [0.25, 0.3) is 5.91 Å². The molecule has 1 aliphatic heterocycles. The summed E-state index contributed by atoms with van der Waals surface area (Å²) < 4.78 is 5.46. The van der Waals surface area contributed by atoms with Crippen molar-refractivity contribution in [3.05, 3.63) is 29.3 Å². The van der Waals surface area contributed by atoms with Crippen LogP contribution < -0.4 is 5.32 Å². The van der Waals surface area contributed by atoms with Crippen molar-refractivity contribution >= 4 is 11.6 Å². The van der Waals surface area contributed by atoms with Crippen LogP contribution in [0.25, 0.3) is 0 Å². The second kappa shape index (κ2) is 7.26. The van der Waals surface area contributed by atoms with Gasteiger partial charge in [-0.3, -0.25) is 4.79 Å². The first-order valence-corrected chi connectivity index (χ1v) is 7.24. The number of aliphatic hydroxyl groups excluding tert-OH is 1. The molecule has 1 aromatic carbocycles. The van der Waals surface area contributed by atoms with Gasteiger partial charge in [0.2, 0.25) is 0 Å². The fraction of sp³-hybridized carbons (Fsp3) is 0.471. The Hall–Kier alpha value is -1.83. The lowest BCUT2D eigenvalue weighted by Crippen LogP contribution is -2.31. The maximum absolute atomic E-state index is 12.2. The number of carbonyl (C=O) groups is 1. The summed E-state index contributed by atoms with van der Waals surface area (Å²) in [5.74, 6) is 6.06. The van der Waals surface area contributed by atoms with Gasteiger partial charge in [0.15, 0.2) is 0 Å². The lowest BCUT2D eigenvalue weighted by Gasteiger charge is -2.15. The van der Waals surface area contributed by atoms with Crippen molar-refractivity contribution in [1.82, 2.24) is 0 Å². The van der Waals surface area contributed by atoms with Gasteiger partial charge in [-0.05, 0) is 37.0 Å². The SMILES string of the molecule is Cc1ccc(NC(=O)C2OCCC2C)cc1C#CCCO. The molecule has 0 saturated carbocycles. The van der Waals surface area contributed by atoms with Crippen LogP contribution in [0.3, 0.4) is 0 Å². The minimum atomic E-state index is -0.366. The van der Waals surface area contributed by atoms with Crippen molar-refractivity contribution in [3.63, 3.8) is 0 Å². The van der Waals surface area contributed by atoms with E-state index < -0.39 is 0 Å². The molecule has 0 bridgehead atoms. The van der Waals surface area contributed by atoms with Crippen LogP contribution in [0.1, 0.15) is 30.9 Å². The highest BCUT2D eigenvalue weighted by atomic mass is 16.5. The van der Waals surface area contributed by atoms with Gasteiger partial charge in [0.05, 0.1) is 6.61 Å². The van der Waals surface area contributed by atoms with Crippen LogP contribution in [-0.2, 0) is 9.53 Å². The molecular formula is C17H21NO3. The standard InChI is InChI=1S/C17H21NO3/c1-12-6-7-15(11-14(12)5-3-4-9-19)18-17(20)16-13(2)8-10-21-16/h6-7,11,13,16,19H,4,8-10H2,1-2H3,(H,18,20). The van der Waals surface area contributed by atoms with Crippen LogP contribution in [0, 0.1) is 24.7 Å². The Morgan fingerprint density at radius 2 is 2.33 bits per heavy atom. The molecule has 2 rings (SSSR count). The molecule has 112 valence electrons. The third-order valence-electron chi connectivity index (χ3n) is 3.61. The third kappa shape index (κ3) is 4.07. The van der Waals surface area contributed by atoms with E-state index in [1.54, 1.807) is 0 Å². The smallest absolute Gasteiger partial charge is 0.253 e. The summed E-state index contributed by atoms with van der Waals surface area (Å²) in [6, 6.07) is 5.65. The molecule has 1 fully saturated rings. The summed E-state index contributed by atoms with van der Waals surface area (Å²) >= 11 is 0. The molecule has 0 radical (unpaired) electrons. The van der Waals surface area contributed by atoms with Crippen LogP contribution in [-0.4, -0.2) is 30.3 Å². The van der Waals surface area contributed by atoms with E-state index in [2.05, 4.69) is 17.2 Å². The van der Waals surface area contributed by atoms with E-state index in [0.717, 1.165) is 23.2 Å². The molecule has 1 heterocycles. The molecule has 2 atom stereocenters. The number of aliphatic hydroxyl groups is 1. The van der Waals surface area contributed by atoms with Gasteiger partial charge in [-0.15, -0.1) is 0 Å².